The number of hydrogen-bond donors (Lipinski definition) is 0. The van der Waals surface area contributed by atoms with E-state index in [0.717, 1.165) is 16.3 Å². The molecule has 0 aliphatic rings. The van der Waals surface area contributed by atoms with Gasteiger partial charge in [-0.2, -0.15) is 10.2 Å². The van der Waals surface area contributed by atoms with Crippen LogP contribution in [-0.2, 0) is 4.79 Å². The summed E-state index contributed by atoms with van der Waals surface area (Å²) in [5.74, 6) is 0.795. The molecule has 0 aliphatic carbocycles. The Morgan fingerprint density at radius 1 is 0.923 bits per heavy atom. The lowest BCUT2D eigenvalue weighted by molar-refractivity contribution is -0.128. The van der Waals surface area contributed by atoms with Crippen molar-refractivity contribution in [3.05, 3.63) is 77.0 Å². The smallest absolute Gasteiger partial charge is 0.336 e. The largest absolute Gasteiger partial charge is 0.497 e. The molecular formula is C20H16N2O3S. The van der Waals surface area contributed by atoms with Crippen LogP contribution in [0.4, 0.5) is 11.4 Å². The third kappa shape index (κ3) is 5.12. The number of carbonyl (C=O) groups is 1. The number of carbonyl (C=O) groups excluding carboxylic acids is 1. The van der Waals surface area contributed by atoms with Gasteiger partial charge in [-0.05, 0) is 66.1 Å². The number of thiophene rings is 1. The first-order chi connectivity index (χ1) is 12.7. The van der Waals surface area contributed by atoms with Crippen molar-refractivity contribution in [2.24, 2.45) is 10.2 Å². The second-order valence-corrected chi connectivity index (χ2v) is 6.14. The first-order valence-corrected chi connectivity index (χ1v) is 8.70. The highest BCUT2D eigenvalue weighted by Gasteiger charge is 2.01. The zero-order valence-electron chi connectivity index (χ0n) is 14.0. The van der Waals surface area contributed by atoms with Crippen LogP contribution in [0.2, 0.25) is 0 Å². The first kappa shape index (κ1) is 17.6. The number of methoxy groups -OCH3 is 1. The molecule has 130 valence electrons. The SMILES string of the molecule is COc1ccc(N=Nc2ccc(OC(=O)/C=C/c3cccs3)cc2)cc1. The van der Waals surface area contributed by atoms with E-state index in [1.807, 2.05) is 41.8 Å². The molecule has 0 saturated carbocycles. The summed E-state index contributed by atoms with van der Waals surface area (Å²) in [5.41, 5.74) is 1.38. The zero-order chi connectivity index (χ0) is 18.2. The van der Waals surface area contributed by atoms with Gasteiger partial charge in [0.25, 0.3) is 0 Å². The van der Waals surface area contributed by atoms with Crippen molar-refractivity contribution in [2.45, 2.75) is 0 Å². The van der Waals surface area contributed by atoms with Crippen LogP contribution in [0.5, 0.6) is 11.5 Å². The molecule has 1 heterocycles. The van der Waals surface area contributed by atoms with Gasteiger partial charge in [0.15, 0.2) is 0 Å². The van der Waals surface area contributed by atoms with E-state index in [4.69, 9.17) is 9.47 Å². The molecule has 6 heteroatoms. The molecule has 3 aromatic rings. The van der Waals surface area contributed by atoms with E-state index in [-0.39, 0.29) is 0 Å². The Balaban J connectivity index is 1.57. The van der Waals surface area contributed by atoms with Crippen LogP contribution in [0.3, 0.4) is 0 Å². The number of hydrogen-bond acceptors (Lipinski definition) is 6. The van der Waals surface area contributed by atoms with E-state index >= 15 is 0 Å². The molecule has 0 N–H and O–H groups in total. The van der Waals surface area contributed by atoms with Gasteiger partial charge in [0.05, 0.1) is 18.5 Å². The Kier molecular flexibility index (Phi) is 5.90. The summed E-state index contributed by atoms with van der Waals surface area (Å²) in [6.45, 7) is 0. The van der Waals surface area contributed by atoms with Crippen LogP contribution in [0.1, 0.15) is 4.88 Å². The first-order valence-electron chi connectivity index (χ1n) is 7.82. The summed E-state index contributed by atoms with van der Waals surface area (Å²) in [4.78, 5) is 12.8. The summed E-state index contributed by atoms with van der Waals surface area (Å²) in [5, 5.41) is 10.3. The predicted molar refractivity (Wildman–Crippen MR) is 103 cm³/mol. The number of ether oxygens (including phenoxy) is 2. The topological polar surface area (TPSA) is 60.3 Å². The number of azo groups is 1. The lowest BCUT2D eigenvalue weighted by atomic mass is 10.3. The Morgan fingerprint density at radius 3 is 2.08 bits per heavy atom. The monoisotopic (exact) mass is 364 g/mol. The van der Waals surface area contributed by atoms with Crippen molar-refractivity contribution in [3.8, 4) is 11.5 Å². The lowest BCUT2D eigenvalue weighted by Crippen LogP contribution is -2.03. The van der Waals surface area contributed by atoms with Gasteiger partial charge in [-0.3, -0.25) is 0 Å². The highest BCUT2D eigenvalue weighted by atomic mass is 32.1. The second-order valence-electron chi connectivity index (χ2n) is 5.16. The third-order valence-electron chi connectivity index (χ3n) is 3.34. The molecule has 0 atom stereocenters. The maximum absolute atomic E-state index is 11.8. The fourth-order valence-corrected chi connectivity index (χ4v) is 2.65. The molecule has 0 fully saturated rings. The minimum Gasteiger partial charge on any atom is -0.497 e. The van der Waals surface area contributed by atoms with Crippen LogP contribution >= 0.6 is 11.3 Å². The molecule has 0 bridgehead atoms. The zero-order valence-corrected chi connectivity index (χ0v) is 14.8. The standard InChI is InChI=1S/C20H16N2O3S/c1-24-17-8-4-15(5-9-17)21-22-16-6-10-18(11-7-16)25-20(23)13-12-19-3-2-14-26-19/h2-14H,1H3/b13-12+,22-21?. The van der Waals surface area contributed by atoms with Crippen molar-refractivity contribution in [1.82, 2.24) is 0 Å². The summed E-state index contributed by atoms with van der Waals surface area (Å²) in [6, 6.07) is 18.0. The van der Waals surface area contributed by atoms with Crippen molar-refractivity contribution in [3.63, 3.8) is 0 Å². The molecule has 0 amide bonds. The fraction of sp³-hybridized carbons (Fsp3) is 0.0500. The fourth-order valence-electron chi connectivity index (χ4n) is 2.03. The van der Waals surface area contributed by atoms with E-state index in [1.165, 1.54) is 6.08 Å². The summed E-state index contributed by atoms with van der Waals surface area (Å²) in [7, 11) is 1.61. The van der Waals surface area contributed by atoms with Crippen molar-refractivity contribution in [2.75, 3.05) is 7.11 Å². The van der Waals surface area contributed by atoms with Gasteiger partial charge in [-0.15, -0.1) is 11.3 Å². The van der Waals surface area contributed by atoms with Gasteiger partial charge >= 0.3 is 5.97 Å². The maximum atomic E-state index is 11.8. The number of esters is 1. The van der Waals surface area contributed by atoms with Crippen LogP contribution in [0.15, 0.2) is 82.3 Å². The van der Waals surface area contributed by atoms with Crippen molar-refractivity contribution >= 4 is 34.8 Å². The van der Waals surface area contributed by atoms with Crippen molar-refractivity contribution in [1.29, 1.82) is 0 Å². The summed E-state index contributed by atoms with van der Waals surface area (Å²) < 4.78 is 10.3. The Hall–Kier alpha value is -3.25. The minimum atomic E-state index is -0.425. The molecule has 0 spiro atoms. The second kappa shape index (κ2) is 8.73. The highest BCUT2D eigenvalue weighted by molar-refractivity contribution is 7.10. The summed E-state index contributed by atoms with van der Waals surface area (Å²) >= 11 is 1.55. The Morgan fingerprint density at radius 2 is 1.54 bits per heavy atom. The molecule has 0 radical (unpaired) electrons. The molecule has 0 unspecified atom stereocenters. The third-order valence-corrected chi connectivity index (χ3v) is 4.17. The van der Waals surface area contributed by atoms with E-state index in [2.05, 4.69) is 10.2 Å². The normalized spacial score (nSPS) is 11.1. The quantitative estimate of drug-likeness (QED) is 0.241. The molecule has 26 heavy (non-hydrogen) atoms. The van der Waals surface area contributed by atoms with Gasteiger partial charge in [0.1, 0.15) is 11.5 Å². The minimum absolute atomic E-state index is 0.425. The van der Waals surface area contributed by atoms with Gasteiger partial charge in [0, 0.05) is 11.0 Å². The Bertz CT molecular complexity index is 899. The van der Waals surface area contributed by atoms with Crippen LogP contribution < -0.4 is 9.47 Å². The van der Waals surface area contributed by atoms with E-state index in [1.54, 1.807) is 48.8 Å². The molecular weight excluding hydrogens is 348 g/mol. The lowest BCUT2D eigenvalue weighted by Gasteiger charge is -2.01. The van der Waals surface area contributed by atoms with Gasteiger partial charge < -0.3 is 9.47 Å². The van der Waals surface area contributed by atoms with Gasteiger partial charge in [-0.1, -0.05) is 6.07 Å². The van der Waals surface area contributed by atoms with Crippen LogP contribution in [0, 0.1) is 0 Å². The summed E-state index contributed by atoms with van der Waals surface area (Å²) in [6.07, 6.45) is 3.13. The molecule has 0 aliphatic heterocycles. The number of benzene rings is 2. The molecule has 2 aromatic carbocycles. The average molecular weight is 364 g/mol. The van der Waals surface area contributed by atoms with Crippen molar-refractivity contribution < 1.29 is 14.3 Å². The van der Waals surface area contributed by atoms with Crippen LogP contribution in [-0.4, -0.2) is 13.1 Å². The highest BCUT2D eigenvalue weighted by Crippen LogP contribution is 2.23. The maximum Gasteiger partial charge on any atom is 0.336 e. The predicted octanol–water partition coefficient (Wildman–Crippen LogP) is 5.79. The molecule has 0 saturated heterocycles. The molecule has 3 rings (SSSR count). The van der Waals surface area contributed by atoms with Crippen LogP contribution in [0.25, 0.3) is 6.08 Å². The Labute approximate surface area is 155 Å². The average Bonchev–Trinajstić information content (AvgIpc) is 3.20. The van der Waals surface area contributed by atoms with Gasteiger partial charge in [0.2, 0.25) is 0 Å². The number of rotatable bonds is 6. The van der Waals surface area contributed by atoms with Gasteiger partial charge in [-0.25, -0.2) is 4.79 Å². The van der Waals surface area contributed by atoms with E-state index in [9.17, 15) is 4.79 Å². The van der Waals surface area contributed by atoms with E-state index in [0.29, 0.717) is 11.4 Å². The van der Waals surface area contributed by atoms with E-state index < -0.39 is 5.97 Å². The number of nitrogens with zero attached hydrogens (tertiary/aromatic N) is 2. The molecule has 1 aromatic heterocycles. The molecule has 5 nitrogen and oxygen atoms in total.